The summed E-state index contributed by atoms with van der Waals surface area (Å²) in [6.07, 6.45) is -1.40. The van der Waals surface area contributed by atoms with Crippen LogP contribution in [0.1, 0.15) is 28.7 Å². The molecule has 3 rings (SSSR count). The summed E-state index contributed by atoms with van der Waals surface area (Å²) >= 11 is 0. The Kier molecular flexibility index (Phi) is 4.20. The second-order valence-electron chi connectivity index (χ2n) is 5.65. The van der Waals surface area contributed by atoms with E-state index in [0.717, 1.165) is 12.1 Å². The monoisotopic (exact) mass is 348 g/mol. The van der Waals surface area contributed by atoms with Gasteiger partial charge in [-0.25, -0.2) is 4.39 Å². The van der Waals surface area contributed by atoms with Crippen LogP contribution >= 0.6 is 0 Å². The number of hydrogen-bond donors (Lipinski definition) is 1. The standard InChI is InChI=1S/C19H12F4O2/c20-15-5-6-16-12(8-13(9-18(24)25)17(16)10-15)7-11-1-3-14(4-2-11)19(21,22)23/h1-8,10H,9H2,(H,24,25)/b12-7-. The lowest BCUT2D eigenvalue weighted by Crippen LogP contribution is -2.03. The summed E-state index contributed by atoms with van der Waals surface area (Å²) in [5.74, 6) is -1.52. The number of benzene rings is 2. The SMILES string of the molecule is O=C(O)CC1=C/C(=C/c2ccc(C(F)(F)F)cc2)c2ccc(F)cc21. The van der Waals surface area contributed by atoms with Crippen LogP contribution in [0.25, 0.3) is 17.2 Å². The van der Waals surface area contributed by atoms with Gasteiger partial charge in [0, 0.05) is 0 Å². The van der Waals surface area contributed by atoms with Gasteiger partial charge in [-0.3, -0.25) is 4.79 Å². The number of rotatable bonds is 3. The van der Waals surface area contributed by atoms with E-state index in [1.165, 1.54) is 30.3 Å². The zero-order chi connectivity index (χ0) is 18.2. The van der Waals surface area contributed by atoms with Crippen molar-refractivity contribution in [3.8, 4) is 0 Å². The minimum absolute atomic E-state index is 0.263. The molecule has 128 valence electrons. The number of carboxylic acids is 1. The predicted molar refractivity (Wildman–Crippen MR) is 85.9 cm³/mol. The van der Waals surface area contributed by atoms with Gasteiger partial charge in [0.25, 0.3) is 0 Å². The van der Waals surface area contributed by atoms with Gasteiger partial charge in [-0.15, -0.1) is 0 Å². The lowest BCUT2D eigenvalue weighted by Gasteiger charge is -2.07. The molecule has 1 aliphatic rings. The Hall–Kier alpha value is -2.89. The molecule has 0 heterocycles. The first-order valence-corrected chi connectivity index (χ1v) is 7.35. The lowest BCUT2D eigenvalue weighted by molar-refractivity contribution is -0.138. The number of aliphatic carboxylic acids is 1. The number of carbonyl (C=O) groups is 1. The van der Waals surface area contributed by atoms with E-state index in [0.29, 0.717) is 27.8 Å². The average Bonchev–Trinajstić information content (AvgIpc) is 2.83. The molecule has 0 fully saturated rings. The quantitative estimate of drug-likeness (QED) is 0.769. The van der Waals surface area contributed by atoms with Crippen molar-refractivity contribution in [2.24, 2.45) is 0 Å². The van der Waals surface area contributed by atoms with E-state index in [1.54, 1.807) is 12.2 Å². The maximum atomic E-state index is 13.5. The van der Waals surface area contributed by atoms with Crippen LogP contribution in [-0.2, 0) is 11.0 Å². The van der Waals surface area contributed by atoms with Crippen molar-refractivity contribution in [1.82, 2.24) is 0 Å². The van der Waals surface area contributed by atoms with Crippen LogP contribution in [0.4, 0.5) is 17.6 Å². The Morgan fingerprint density at radius 3 is 2.32 bits per heavy atom. The van der Waals surface area contributed by atoms with Gasteiger partial charge in [0.1, 0.15) is 5.82 Å². The number of alkyl halides is 3. The van der Waals surface area contributed by atoms with Crippen molar-refractivity contribution >= 4 is 23.2 Å². The topological polar surface area (TPSA) is 37.3 Å². The summed E-state index contributed by atoms with van der Waals surface area (Å²) in [6, 6.07) is 8.69. The minimum atomic E-state index is -4.41. The van der Waals surface area contributed by atoms with Crippen LogP contribution in [0.15, 0.2) is 48.5 Å². The molecule has 0 unspecified atom stereocenters. The molecule has 2 aromatic rings. The molecule has 0 bridgehead atoms. The van der Waals surface area contributed by atoms with Crippen LogP contribution in [0, 0.1) is 5.82 Å². The first-order chi connectivity index (χ1) is 11.7. The zero-order valence-electron chi connectivity index (χ0n) is 12.8. The molecule has 0 radical (unpaired) electrons. The van der Waals surface area contributed by atoms with E-state index in [-0.39, 0.29) is 6.42 Å². The van der Waals surface area contributed by atoms with Crippen molar-refractivity contribution in [3.63, 3.8) is 0 Å². The fraction of sp³-hybridized carbons (Fsp3) is 0.105. The van der Waals surface area contributed by atoms with E-state index in [4.69, 9.17) is 5.11 Å². The number of fused-ring (bicyclic) bond motifs is 1. The van der Waals surface area contributed by atoms with Crippen LogP contribution in [0.3, 0.4) is 0 Å². The van der Waals surface area contributed by atoms with E-state index in [2.05, 4.69) is 0 Å². The largest absolute Gasteiger partial charge is 0.481 e. The van der Waals surface area contributed by atoms with Crippen LogP contribution in [0.5, 0.6) is 0 Å². The fourth-order valence-corrected chi connectivity index (χ4v) is 2.75. The third-order valence-corrected chi connectivity index (χ3v) is 3.87. The molecule has 2 aromatic carbocycles. The minimum Gasteiger partial charge on any atom is -0.481 e. The third-order valence-electron chi connectivity index (χ3n) is 3.87. The maximum absolute atomic E-state index is 13.5. The Morgan fingerprint density at radius 1 is 1.04 bits per heavy atom. The van der Waals surface area contributed by atoms with E-state index in [9.17, 15) is 22.4 Å². The Labute approximate surface area is 140 Å². The van der Waals surface area contributed by atoms with Crippen molar-refractivity contribution in [1.29, 1.82) is 0 Å². The molecule has 6 heteroatoms. The van der Waals surface area contributed by atoms with Crippen LogP contribution in [-0.4, -0.2) is 11.1 Å². The second-order valence-corrected chi connectivity index (χ2v) is 5.65. The molecule has 0 aromatic heterocycles. The summed E-state index contributed by atoms with van der Waals surface area (Å²) in [4.78, 5) is 11.0. The third kappa shape index (κ3) is 3.63. The number of allylic oxidation sites excluding steroid dienone is 2. The van der Waals surface area contributed by atoms with Gasteiger partial charge >= 0.3 is 12.1 Å². The molecule has 0 saturated carbocycles. The highest BCUT2D eigenvalue weighted by atomic mass is 19.4. The second kappa shape index (κ2) is 6.20. The lowest BCUT2D eigenvalue weighted by atomic mass is 10.0. The molecule has 0 spiro atoms. The number of carboxylic acid groups (broad SMARTS) is 1. The highest BCUT2D eigenvalue weighted by Gasteiger charge is 2.30. The molecular weight excluding hydrogens is 336 g/mol. The van der Waals surface area contributed by atoms with Crippen molar-refractivity contribution in [2.75, 3.05) is 0 Å². The molecule has 2 nitrogen and oxygen atoms in total. The van der Waals surface area contributed by atoms with Crippen molar-refractivity contribution in [2.45, 2.75) is 12.6 Å². The van der Waals surface area contributed by atoms with Crippen molar-refractivity contribution < 1.29 is 27.5 Å². The molecule has 0 atom stereocenters. The summed E-state index contributed by atoms with van der Waals surface area (Å²) in [6.45, 7) is 0. The fourth-order valence-electron chi connectivity index (χ4n) is 2.75. The van der Waals surface area contributed by atoms with Crippen molar-refractivity contribution in [3.05, 3.63) is 76.6 Å². The summed E-state index contributed by atoms with van der Waals surface area (Å²) < 4.78 is 51.3. The molecule has 25 heavy (non-hydrogen) atoms. The first kappa shape index (κ1) is 17.0. The smallest absolute Gasteiger partial charge is 0.416 e. The summed E-state index contributed by atoms with van der Waals surface area (Å²) in [5, 5.41) is 8.99. The van der Waals surface area contributed by atoms with Gasteiger partial charge in [-0.1, -0.05) is 18.2 Å². The first-order valence-electron chi connectivity index (χ1n) is 7.35. The summed E-state index contributed by atoms with van der Waals surface area (Å²) in [7, 11) is 0. The normalized spacial score (nSPS) is 15.2. The highest BCUT2D eigenvalue weighted by molar-refractivity contribution is 6.04. The average molecular weight is 348 g/mol. The van der Waals surface area contributed by atoms with Gasteiger partial charge in [-0.05, 0) is 64.3 Å². The molecule has 0 amide bonds. The number of hydrogen-bond acceptors (Lipinski definition) is 1. The summed E-state index contributed by atoms with van der Waals surface area (Å²) in [5.41, 5.74) is 2.01. The van der Waals surface area contributed by atoms with E-state index in [1.807, 2.05) is 0 Å². The molecule has 0 saturated heterocycles. The van der Waals surface area contributed by atoms with Gasteiger partial charge in [0.15, 0.2) is 0 Å². The Morgan fingerprint density at radius 2 is 1.72 bits per heavy atom. The number of halogens is 4. The van der Waals surface area contributed by atoms with Gasteiger partial charge in [-0.2, -0.15) is 13.2 Å². The van der Waals surface area contributed by atoms with Gasteiger partial charge < -0.3 is 5.11 Å². The Balaban J connectivity index is 2.00. The van der Waals surface area contributed by atoms with Gasteiger partial charge in [0.2, 0.25) is 0 Å². The Bertz CT molecular complexity index is 891. The molecule has 1 aliphatic carbocycles. The molecular formula is C19H12F4O2. The predicted octanol–water partition coefficient (Wildman–Crippen LogP) is 5.26. The van der Waals surface area contributed by atoms with Crippen LogP contribution in [0.2, 0.25) is 0 Å². The van der Waals surface area contributed by atoms with E-state index >= 15 is 0 Å². The molecule has 0 aliphatic heterocycles. The highest BCUT2D eigenvalue weighted by Crippen LogP contribution is 2.38. The van der Waals surface area contributed by atoms with Crippen LogP contribution < -0.4 is 0 Å². The zero-order valence-corrected chi connectivity index (χ0v) is 12.8. The van der Waals surface area contributed by atoms with Gasteiger partial charge in [0.05, 0.1) is 12.0 Å². The molecule has 1 N–H and O–H groups in total. The maximum Gasteiger partial charge on any atom is 0.416 e. The van der Waals surface area contributed by atoms with E-state index < -0.39 is 23.5 Å².